The van der Waals surface area contributed by atoms with Gasteiger partial charge < -0.3 is 5.32 Å². The van der Waals surface area contributed by atoms with E-state index in [1.165, 1.54) is 6.08 Å². The molecule has 3 heteroatoms. The molecule has 8 heavy (non-hydrogen) atoms. The van der Waals surface area contributed by atoms with Crippen LogP contribution >= 0.6 is 11.6 Å². The summed E-state index contributed by atoms with van der Waals surface area (Å²) in [6.45, 7) is 0.617. The van der Waals surface area contributed by atoms with Crippen LogP contribution in [0.2, 0.25) is 0 Å². The zero-order valence-electron chi connectivity index (χ0n) is 4.12. The lowest BCUT2D eigenvalue weighted by molar-refractivity contribution is 0.641. The molecule has 0 aromatic heterocycles. The molecule has 44 valence electrons. The highest BCUT2D eigenvalue weighted by atomic mass is 35.5. The largest absolute Gasteiger partial charge is 0.370 e. The van der Waals surface area contributed by atoms with Crippen LogP contribution in [0.3, 0.4) is 0 Å². The van der Waals surface area contributed by atoms with Crippen LogP contribution in [0.5, 0.6) is 0 Å². The minimum Gasteiger partial charge on any atom is -0.370 e. The number of allylic oxidation sites excluding steroid dienone is 2. The molecule has 0 spiro atoms. The van der Waals surface area contributed by atoms with Gasteiger partial charge in [-0.3, -0.25) is 0 Å². The Hall–Kier alpha value is -0.500. The maximum atomic E-state index is 12.2. The molecule has 0 radical (unpaired) electrons. The molecular formula is C5H5ClFN. The number of dihydropyridines is 1. The zero-order chi connectivity index (χ0) is 5.98. The Kier molecular flexibility index (Phi) is 1.53. The van der Waals surface area contributed by atoms with Gasteiger partial charge >= 0.3 is 0 Å². The van der Waals surface area contributed by atoms with E-state index in [0.717, 1.165) is 0 Å². The van der Waals surface area contributed by atoms with E-state index in [0.29, 0.717) is 6.54 Å². The lowest BCUT2D eigenvalue weighted by Gasteiger charge is -2.04. The van der Waals surface area contributed by atoms with Gasteiger partial charge in [-0.15, -0.1) is 0 Å². The summed E-state index contributed by atoms with van der Waals surface area (Å²) in [7, 11) is 0. The topological polar surface area (TPSA) is 12.0 Å². The molecule has 0 aromatic carbocycles. The first kappa shape index (κ1) is 5.63. The molecule has 1 rings (SSSR count). The highest BCUT2D eigenvalue weighted by Crippen LogP contribution is 2.11. The summed E-state index contributed by atoms with van der Waals surface area (Å²) in [5.41, 5.74) is 0. The Morgan fingerprint density at radius 1 is 1.75 bits per heavy atom. The van der Waals surface area contributed by atoms with Crippen molar-refractivity contribution in [3.63, 3.8) is 0 Å². The number of hydrogen-bond acceptors (Lipinski definition) is 1. The van der Waals surface area contributed by atoms with Gasteiger partial charge in [0.15, 0.2) is 5.83 Å². The molecule has 0 amide bonds. The molecule has 0 saturated carbocycles. The van der Waals surface area contributed by atoms with Gasteiger partial charge in [0, 0.05) is 6.54 Å². The summed E-state index contributed by atoms with van der Waals surface area (Å²) in [5.74, 6) is -0.391. The third kappa shape index (κ3) is 1.01. The lowest BCUT2D eigenvalue weighted by atomic mass is 10.4. The third-order valence-electron chi connectivity index (χ3n) is 0.849. The molecule has 0 aromatic rings. The molecule has 0 fully saturated rings. The predicted octanol–water partition coefficient (Wildman–Crippen LogP) is 1.52. The van der Waals surface area contributed by atoms with Gasteiger partial charge in [-0.1, -0.05) is 17.7 Å². The summed E-state index contributed by atoms with van der Waals surface area (Å²) < 4.78 is 12.2. The van der Waals surface area contributed by atoms with E-state index in [9.17, 15) is 4.39 Å². The second-order valence-corrected chi connectivity index (χ2v) is 1.82. The van der Waals surface area contributed by atoms with Crippen LogP contribution in [0.1, 0.15) is 0 Å². The van der Waals surface area contributed by atoms with Crippen molar-refractivity contribution in [1.29, 1.82) is 0 Å². The summed E-state index contributed by atoms with van der Waals surface area (Å²) in [6.07, 6.45) is 3.01. The summed E-state index contributed by atoms with van der Waals surface area (Å²) in [4.78, 5) is 0. The fourth-order valence-electron chi connectivity index (χ4n) is 0.469. The van der Waals surface area contributed by atoms with Crippen molar-refractivity contribution in [3.05, 3.63) is 23.1 Å². The van der Waals surface area contributed by atoms with Gasteiger partial charge in [0.25, 0.3) is 0 Å². The minimum atomic E-state index is -0.391. The van der Waals surface area contributed by atoms with E-state index in [1.54, 1.807) is 6.08 Å². The maximum absolute atomic E-state index is 12.2. The Morgan fingerprint density at radius 3 is 2.88 bits per heavy atom. The second kappa shape index (κ2) is 2.18. The molecule has 0 unspecified atom stereocenters. The Bertz CT molecular complexity index is 151. The molecule has 0 bridgehead atoms. The van der Waals surface area contributed by atoms with Crippen molar-refractivity contribution in [2.24, 2.45) is 0 Å². The molecule has 0 atom stereocenters. The normalized spacial score (nSPS) is 18.8. The number of hydrogen-bond donors (Lipinski definition) is 1. The average molecular weight is 134 g/mol. The Balaban J connectivity index is 2.76. The number of halogens is 2. The fourth-order valence-corrected chi connectivity index (χ4v) is 0.609. The predicted molar refractivity (Wildman–Crippen MR) is 31.1 cm³/mol. The van der Waals surface area contributed by atoms with Crippen LogP contribution in [0, 0.1) is 0 Å². The van der Waals surface area contributed by atoms with E-state index in [1.807, 2.05) is 0 Å². The Morgan fingerprint density at radius 2 is 2.50 bits per heavy atom. The van der Waals surface area contributed by atoms with Crippen molar-refractivity contribution in [3.8, 4) is 0 Å². The van der Waals surface area contributed by atoms with Crippen LogP contribution in [0.25, 0.3) is 0 Å². The first-order valence-electron chi connectivity index (χ1n) is 2.26. The maximum Gasteiger partial charge on any atom is 0.157 e. The van der Waals surface area contributed by atoms with Crippen molar-refractivity contribution < 1.29 is 4.39 Å². The average Bonchev–Trinajstić information content (AvgIpc) is 1.77. The summed E-state index contributed by atoms with van der Waals surface area (Å²) in [5, 5.41) is 2.72. The fraction of sp³-hybridized carbons (Fsp3) is 0.200. The Labute approximate surface area is 51.8 Å². The molecule has 0 aliphatic carbocycles. The van der Waals surface area contributed by atoms with Gasteiger partial charge in [0.05, 0.1) is 0 Å². The van der Waals surface area contributed by atoms with E-state index < -0.39 is 5.83 Å². The SMILES string of the molecule is FC1=C(Cl)NCC=C1. The standard InChI is InChI=1S/C5H5ClFN/c6-5-4(7)2-1-3-8-5/h1-2,8H,3H2. The van der Waals surface area contributed by atoms with E-state index in [2.05, 4.69) is 5.32 Å². The van der Waals surface area contributed by atoms with Gasteiger partial charge in [0.1, 0.15) is 5.16 Å². The smallest absolute Gasteiger partial charge is 0.157 e. The molecule has 1 heterocycles. The van der Waals surface area contributed by atoms with E-state index >= 15 is 0 Å². The van der Waals surface area contributed by atoms with E-state index in [-0.39, 0.29) is 5.16 Å². The molecule has 1 aliphatic heterocycles. The van der Waals surface area contributed by atoms with Crippen molar-refractivity contribution in [1.82, 2.24) is 5.32 Å². The van der Waals surface area contributed by atoms with Crippen LogP contribution in [0.15, 0.2) is 23.1 Å². The number of nitrogens with one attached hydrogen (secondary N) is 1. The quantitative estimate of drug-likeness (QED) is 0.494. The van der Waals surface area contributed by atoms with Crippen LogP contribution in [-0.2, 0) is 0 Å². The lowest BCUT2D eigenvalue weighted by Crippen LogP contribution is -2.12. The number of rotatable bonds is 0. The minimum absolute atomic E-state index is 0.104. The summed E-state index contributed by atoms with van der Waals surface area (Å²) >= 11 is 5.31. The molecule has 1 N–H and O–H groups in total. The van der Waals surface area contributed by atoms with Gasteiger partial charge in [-0.25, -0.2) is 4.39 Å². The van der Waals surface area contributed by atoms with Crippen LogP contribution in [0.4, 0.5) is 4.39 Å². The van der Waals surface area contributed by atoms with Crippen molar-refractivity contribution >= 4 is 11.6 Å². The van der Waals surface area contributed by atoms with Crippen molar-refractivity contribution in [2.75, 3.05) is 6.54 Å². The first-order chi connectivity index (χ1) is 3.80. The highest BCUT2D eigenvalue weighted by Gasteiger charge is 2.01. The molecule has 1 aliphatic rings. The zero-order valence-corrected chi connectivity index (χ0v) is 4.87. The second-order valence-electron chi connectivity index (χ2n) is 1.45. The van der Waals surface area contributed by atoms with Crippen LogP contribution < -0.4 is 5.32 Å². The highest BCUT2D eigenvalue weighted by molar-refractivity contribution is 6.29. The van der Waals surface area contributed by atoms with Gasteiger partial charge in [0.2, 0.25) is 0 Å². The molecule has 0 saturated heterocycles. The van der Waals surface area contributed by atoms with Crippen LogP contribution in [-0.4, -0.2) is 6.54 Å². The third-order valence-corrected chi connectivity index (χ3v) is 1.16. The van der Waals surface area contributed by atoms with E-state index in [4.69, 9.17) is 11.6 Å². The van der Waals surface area contributed by atoms with Gasteiger partial charge in [-0.2, -0.15) is 0 Å². The molecule has 1 nitrogen and oxygen atoms in total. The first-order valence-corrected chi connectivity index (χ1v) is 2.64. The summed E-state index contributed by atoms with van der Waals surface area (Å²) in [6, 6.07) is 0. The monoisotopic (exact) mass is 133 g/mol. The van der Waals surface area contributed by atoms with Crippen molar-refractivity contribution in [2.45, 2.75) is 0 Å². The van der Waals surface area contributed by atoms with Gasteiger partial charge in [-0.05, 0) is 6.08 Å². The molecular weight excluding hydrogens is 129 g/mol.